The van der Waals surface area contributed by atoms with Crippen molar-refractivity contribution in [3.63, 3.8) is 0 Å². The van der Waals surface area contributed by atoms with Crippen LogP contribution in [0.4, 0.5) is 17.3 Å². The summed E-state index contributed by atoms with van der Waals surface area (Å²) in [6.07, 6.45) is 1.25. The smallest absolute Gasteiger partial charge is 0.418 e. The maximum Gasteiger partial charge on any atom is 0.673 e. The summed E-state index contributed by atoms with van der Waals surface area (Å²) in [6, 6.07) is 39.0. The first-order valence-electron chi connectivity index (χ1n) is 10.3. The zero-order valence-electron chi connectivity index (χ0n) is 18.2. The molecule has 4 rings (SSSR count). The summed E-state index contributed by atoms with van der Waals surface area (Å²) in [5.41, 5.74) is 0. The third kappa shape index (κ3) is 6.13. The van der Waals surface area contributed by atoms with Crippen molar-refractivity contribution in [2.24, 2.45) is 0 Å². The van der Waals surface area contributed by atoms with E-state index in [9.17, 15) is 25.7 Å². The number of hydrogen-bond donors (Lipinski definition) is 0. The molecule has 0 spiro atoms. The molecule has 0 fully saturated rings. The normalized spacial score (nSPS) is 11.9. The molecule has 2 nitrogen and oxygen atoms in total. The van der Waals surface area contributed by atoms with E-state index in [1.807, 2.05) is 30.3 Å². The van der Waals surface area contributed by atoms with E-state index in [0.717, 1.165) is 5.30 Å². The number of benzene rings is 4. The largest absolute Gasteiger partial charge is 0.673 e. The van der Waals surface area contributed by atoms with Crippen LogP contribution in [0.5, 0.6) is 0 Å². The van der Waals surface area contributed by atoms with Crippen LogP contribution in [0.3, 0.4) is 0 Å². The minimum Gasteiger partial charge on any atom is -0.418 e. The molecule has 0 bridgehead atoms. The molecule has 0 aliphatic heterocycles. The van der Waals surface area contributed by atoms with Gasteiger partial charge in [0.05, 0.1) is 4.90 Å². The second-order valence-corrected chi connectivity index (χ2v) is 12.9. The third-order valence-corrected chi connectivity index (χ3v) is 10.5. The Morgan fingerprint density at radius 3 is 1.06 bits per heavy atom. The Morgan fingerprint density at radius 1 is 0.529 bits per heavy atom. The van der Waals surface area contributed by atoms with Gasteiger partial charge >= 0.3 is 7.25 Å². The van der Waals surface area contributed by atoms with E-state index in [1.54, 1.807) is 12.1 Å². The lowest BCUT2D eigenvalue weighted by atomic mass is 10.3. The minimum atomic E-state index is -6.00. The van der Waals surface area contributed by atoms with Crippen LogP contribution in [-0.4, -0.2) is 21.9 Å². The van der Waals surface area contributed by atoms with Crippen LogP contribution in [0.2, 0.25) is 0 Å². The molecule has 0 radical (unpaired) electrons. The van der Waals surface area contributed by atoms with Gasteiger partial charge in [-0.25, -0.2) is 8.42 Å². The molecule has 0 unspecified atom stereocenters. The molecular weight excluding hydrogens is 482 g/mol. The van der Waals surface area contributed by atoms with E-state index in [2.05, 4.69) is 72.8 Å². The van der Waals surface area contributed by atoms with Gasteiger partial charge in [0, 0.05) is 6.26 Å². The highest BCUT2D eigenvalue weighted by molar-refractivity contribution is 8.01. The molecule has 4 aromatic carbocycles. The van der Waals surface area contributed by atoms with Crippen molar-refractivity contribution in [1.29, 1.82) is 0 Å². The second-order valence-electron chi connectivity index (χ2n) is 7.44. The monoisotopic (exact) mass is 504 g/mol. The van der Waals surface area contributed by atoms with E-state index in [-0.39, 0.29) is 0 Å². The Balaban J connectivity index is 0.000000588. The van der Waals surface area contributed by atoms with Crippen LogP contribution >= 0.6 is 7.26 Å². The fourth-order valence-electron chi connectivity index (χ4n) is 3.77. The van der Waals surface area contributed by atoms with Gasteiger partial charge in [0.15, 0.2) is 9.84 Å². The molecule has 34 heavy (non-hydrogen) atoms. The molecule has 176 valence electrons. The van der Waals surface area contributed by atoms with Crippen LogP contribution in [-0.2, 0) is 9.84 Å². The first-order chi connectivity index (χ1) is 16.0. The van der Waals surface area contributed by atoms with Crippen LogP contribution in [0.15, 0.2) is 120 Å². The second kappa shape index (κ2) is 10.5. The quantitative estimate of drug-likeness (QED) is 0.218. The van der Waals surface area contributed by atoms with Gasteiger partial charge in [-0.1, -0.05) is 54.6 Å². The van der Waals surface area contributed by atoms with Crippen LogP contribution in [0.1, 0.15) is 0 Å². The lowest BCUT2D eigenvalue weighted by Crippen LogP contribution is -2.38. The molecule has 0 aliphatic carbocycles. The molecule has 0 atom stereocenters. The predicted octanol–water partition coefficient (Wildman–Crippen LogP) is 5.01. The summed E-state index contributed by atoms with van der Waals surface area (Å²) >= 11 is 0. The highest BCUT2D eigenvalue weighted by Gasteiger charge is 2.47. The molecule has 0 aliphatic rings. The number of halogens is 4. The molecule has 0 saturated carbocycles. The van der Waals surface area contributed by atoms with Crippen molar-refractivity contribution in [2.45, 2.75) is 4.90 Å². The zero-order chi connectivity index (χ0) is 24.8. The third-order valence-electron chi connectivity index (χ3n) is 5.08. The summed E-state index contributed by atoms with van der Waals surface area (Å²) in [6.45, 7) is 0. The fraction of sp³-hybridized carbons (Fsp3) is 0.0400. The first kappa shape index (κ1) is 25.7. The number of rotatable bonds is 5. The molecule has 0 saturated heterocycles. The average molecular weight is 504 g/mol. The summed E-state index contributed by atoms with van der Waals surface area (Å²) < 4.78 is 63.0. The Bertz CT molecular complexity index is 1200. The van der Waals surface area contributed by atoms with Gasteiger partial charge in [-0.15, -0.1) is 0 Å². The van der Waals surface area contributed by atoms with Gasteiger partial charge in [-0.05, 0) is 60.7 Å². The number of hydrogen-bond acceptors (Lipinski definition) is 2. The lowest BCUT2D eigenvalue weighted by molar-refractivity contribution is 0.368. The SMILES string of the molecule is CS(=O)(=O)c1ccc([P+](c2ccccc2)(c2ccccc2)c2ccccc2)cc1.F[B-](F)(F)F. The van der Waals surface area contributed by atoms with Crippen LogP contribution in [0.25, 0.3) is 0 Å². The van der Waals surface area contributed by atoms with Crippen molar-refractivity contribution >= 4 is 45.6 Å². The Kier molecular flexibility index (Phi) is 7.95. The zero-order valence-corrected chi connectivity index (χ0v) is 19.9. The van der Waals surface area contributed by atoms with Gasteiger partial charge < -0.3 is 17.3 Å². The first-order valence-corrected chi connectivity index (χ1v) is 13.9. The van der Waals surface area contributed by atoms with Crippen molar-refractivity contribution in [3.05, 3.63) is 115 Å². The van der Waals surface area contributed by atoms with Gasteiger partial charge in [-0.3, -0.25) is 0 Å². The van der Waals surface area contributed by atoms with Crippen LogP contribution in [0, 0.1) is 0 Å². The summed E-state index contributed by atoms with van der Waals surface area (Å²) in [5, 5.41) is 4.85. The Labute approximate surface area is 197 Å². The standard InChI is InChI=1S/C25H22O2PS.BF4/c1-29(26,27)25-19-17-24(18-20-25)28(21-11-5-2-6-12-21,22-13-7-3-8-14-22)23-15-9-4-10-16-23;2-1(3,4)5/h2-20H,1H3;/q+1;-1. The maximum atomic E-state index is 12.0. The van der Waals surface area contributed by atoms with Crippen LogP contribution < -0.4 is 21.2 Å². The molecule has 9 heteroatoms. The van der Waals surface area contributed by atoms with E-state index in [0.29, 0.717) is 4.90 Å². The minimum absolute atomic E-state index is 0.341. The average Bonchev–Trinajstić information content (AvgIpc) is 2.81. The molecule has 0 heterocycles. The Hall–Kier alpha value is -2.96. The van der Waals surface area contributed by atoms with Gasteiger partial charge in [0.2, 0.25) is 0 Å². The fourth-order valence-corrected chi connectivity index (χ4v) is 8.64. The highest BCUT2D eigenvalue weighted by Crippen LogP contribution is 2.54. The van der Waals surface area contributed by atoms with Gasteiger partial charge in [-0.2, -0.15) is 0 Å². The Morgan fingerprint density at radius 2 is 0.794 bits per heavy atom. The van der Waals surface area contributed by atoms with E-state index < -0.39 is 24.4 Å². The summed E-state index contributed by atoms with van der Waals surface area (Å²) in [7, 11) is -11.4. The summed E-state index contributed by atoms with van der Waals surface area (Å²) in [5.74, 6) is 0. The molecule has 0 amide bonds. The lowest BCUT2D eigenvalue weighted by Gasteiger charge is -2.27. The van der Waals surface area contributed by atoms with Gasteiger partial charge in [0.25, 0.3) is 0 Å². The van der Waals surface area contributed by atoms with E-state index >= 15 is 0 Å². The molecular formula is C25H22BF4O2PS. The molecule has 0 aromatic heterocycles. The topological polar surface area (TPSA) is 34.1 Å². The predicted molar refractivity (Wildman–Crippen MR) is 135 cm³/mol. The van der Waals surface area contributed by atoms with Crippen molar-refractivity contribution in [3.8, 4) is 0 Å². The van der Waals surface area contributed by atoms with E-state index in [4.69, 9.17) is 0 Å². The van der Waals surface area contributed by atoms with Gasteiger partial charge in [0.1, 0.15) is 28.5 Å². The molecule has 4 aromatic rings. The van der Waals surface area contributed by atoms with Crippen molar-refractivity contribution in [2.75, 3.05) is 6.26 Å². The molecule has 0 N–H and O–H groups in total. The number of sulfone groups is 1. The summed E-state index contributed by atoms with van der Waals surface area (Å²) in [4.78, 5) is 0.341. The van der Waals surface area contributed by atoms with E-state index in [1.165, 1.54) is 22.2 Å². The van der Waals surface area contributed by atoms with Crippen molar-refractivity contribution in [1.82, 2.24) is 0 Å². The highest BCUT2D eigenvalue weighted by atomic mass is 32.2. The van der Waals surface area contributed by atoms with Crippen molar-refractivity contribution < 1.29 is 25.7 Å². The maximum absolute atomic E-state index is 12.0.